The van der Waals surface area contributed by atoms with E-state index < -0.39 is 11.8 Å². The fraction of sp³-hybridized carbons (Fsp3) is 0.0870. The molecule has 0 atom stereocenters. The number of hydrazone groups is 1. The van der Waals surface area contributed by atoms with Crippen LogP contribution in [0.1, 0.15) is 27.4 Å². The predicted molar refractivity (Wildman–Crippen MR) is 114 cm³/mol. The highest BCUT2D eigenvalue weighted by atomic mass is 16.5. The number of furan rings is 1. The third kappa shape index (κ3) is 5.68. The van der Waals surface area contributed by atoms with E-state index in [1.807, 2.05) is 13.0 Å². The normalized spacial score (nSPS) is 11.3. The first kappa shape index (κ1) is 20.6. The minimum absolute atomic E-state index is 0.0433. The molecule has 1 aromatic heterocycles. The predicted octanol–water partition coefficient (Wildman–Crippen LogP) is 3.52. The molecule has 0 bridgehead atoms. The van der Waals surface area contributed by atoms with E-state index in [0.717, 1.165) is 5.76 Å². The van der Waals surface area contributed by atoms with Crippen LogP contribution in [0, 0.1) is 6.92 Å². The van der Waals surface area contributed by atoms with E-state index in [4.69, 9.17) is 9.15 Å². The van der Waals surface area contributed by atoms with E-state index in [2.05, 4.69) is 15.8 Å². The maximum absolute atomic E-state index is 12.7. The lowest BCUT2D eigenvalue weighted by Gasteiger charge is -2.09. The molecular weight excluding hydrogens is 382 g/mol. The van der Waals surface area contributed by atoms with Crippen molar-refractivity contribution in [2.45, 2.75) is 6.92 Å². The topological polar surface area (TPSA) is 92.9 Å². The smallest absolute Gasteiger partial charge is 0.287 e. The Kier molecular flexibility index (Phi) is 6.78. The van der Waals surface area contributed by atoms with Crippen LogP contribution in [0.3, 0.4) is 0 Å². The number of carbonyl (C=O) groups is 2. The fourth-order valence-corrected chi connectivity index (χ4v) is 2.55. The zero-order chi connectivity index (χ0) is 21.3. The van der Waals surface area contributed by atoms with Gasteiger partial charge in [0.2, 0.25) is 0 Å². The molecule has 0 unspecified atom stereocenters. The van der Waals surface area contributed by atoms with Gasteiger partial charge in [0.25, 0.3) is 11.8 Å². The Bertz CT molecular complexity index is 1070. The number of aryl methyl sites for hydroxylation is 1. The van der Waals surface area contributed by atoms with Gasteiger partial charge in [0.15, 0.2) is 0 Å². The van der Waals surface area contributed by atoms with Gasteiger partial charge in [-0.25, -0.2) is 5.43 Å². The third-order valence-electron chi connectivity index (χ3n) is 4.07. The number of benzene rings is 2. The molecule has 0 aliphatic carbocycles. The van der Waals surface area contributed by atoms with E-state index in [0.29, 0.717) is 22.6 Å². The first-order chi connectivity index (χ1) is 14.5. The lowest BCUT2D eigenvalue weighted by Crippen LogP contribution is -2.32. The zero-order valence-corrected chi connectivity index (χ0v) is 16.6. The Labute approximate surface area is 174 Å². The summed E-state index contributed by atoms with van der Waals surface area (Å²) in [6.45, 7) is 1.81. The van der Waals surface area contributed by atoms with E-state index >= 15 is 0 Å². The number of hydrogen-bond acceptors (Lipinski definition) is 5. The second-order valence-electron chi connectivity index (χ2n) is 6.30. The lowest BCUT2D eigenvalue weighted by molar-refractivity contribution is -0.117. The van der Waals surface area contributed by atoms with Crippen molar-refractivity contribution >= 4 is 24.1 Å². The van der Waals surface area contributed by atoms with Gasteiger partial charge >= 0.3 is 0 Å². The molecular formula is C23H21N3O4. The number of rotatable bonds is 7. The highest BCUT2D eigenvalue weighted by Crippen LogP contribution is 2.14. The average molecular weight is 403 g/mol. The molecule has 2 aromatic carbocycles. The number of methoxy groups -OCH3 is 1. The molecule has 0 aliphatic rings. The molecule has 2 N–H and O–H groups in total. The van der Waals surface area contributed by atoms with Gasteiger partial charge in [-0.3, -0.25) is 9.59 Å². The summed E-state index contributed by atoms with van der Waals surface area (Å²) in [6.07, 6.45) is 2.94. The van der Waals surface area contributed by atoms with Crippen molar-refractivity contribution in [3.63, 3.8) is 0 Å². The first-order valence-corrected chi connectivity index (χ1v) is 9.17. The van der Waals surface area contributed by atoms with Crippen molar-refractivity contribution in [2.24, 2.45) is 5.10 Å². The Morgan fingerprint density at radius 3 is 2.37 bits per heavy atom. The van der Waals surface area contributed by atoms with Gasteiger partial charge in [-0.2, -0.15) is 5.10 Å². The summed E-state index contributed by atoms with van der Waals surface area (Å²) in [5.41, 5.74) is 3.59. The molecule has 152 valence electrons. The van der Waals surface area contributed by atoms with Crippen LogP contribution >= 0.6 is 0 Å². The van der Waals surface area contributed by atoms with Gasteiger partial charge in [0.05, 0.1) is 13.3 Å². The first-order valence-electron chi connectivity index (χ1n) is 9.17. The van der Waals surface area contributed by atoms with Crippen molar-refractivity contribution in [3.8, 4) is 5.75 Å². The monoisotopic (exact) mass is 403 g/mol. The van der Waals surface area contributed by atoms with Crippen LogP contribution in [-0.2, 0) is 4.79 Å². The number of amides is 2. The highest BCUT2D eigenvalue weighted by Gasteiger charge is 2.14. The van der Waals surface area contributed by atoms with Crippen LogP contribution in [0.15, 0.2) is 81.9 Å². The average Bonchev–Trinajstić information content (AvgIpc) is 3.19. The molecule has 3 aromatic rings. The molecule has 0 saturated carbocycles. The van der Waals surface area contributed by atoms with Gasteiger partial charge in [0, 0.05) is 5.56 Å². The summed E-state index contributed by atoms with van der Waals surface area (Å²) in [6, 6.07) is 19.2. The summed E-state index contributed by atoms with van der Waals surface area (Å²) in [7, 11) is 1.57. The minimum atomic E-state index is -0.574. The van der Waals surface area contributed by atoms with Crippen LogP contribution < -0.4 is 15.5 Å². The number of nitrogens with zero attached hydrogens (tertiary/aromatic N) is 1. The van der Waals surface area contributed by atoms with Crippen molar-refractivity contribution in [1.82, 2.24) is 10.7 Å². The fourth-order valence-electron chi connectivity index (χ4n) is 2.55. The number of hydrogen-bond donors (Lipinski definition) is 2. The largest absolute Gasteiger partial charge is 0.497 e. The molecule has 0 fully saturated rings. The third-order valence-corrected chi connectivity index (χ3v) is 4.07. The standard InChI is InChI=1S/C23H21N3O4/c1-16-8-11-20(30-16)15-24-26-23(28)21(14-17-9-12-19(29-2)13-10-17)25-22(27)18-6-4-3-5-7-18/h3-15H,1-2H3,(H,25,27)(H,26,28)/b21-14+,24-15+. The van der Waals surface area contributed by atoms with Crippen molar-refractivity contribution in [3.05, 3.63) is 95.1 Å². The van der Waals surface area contributed by atoms with Crippen LogP contribution in [0.2, 0.25) is 0 Å². The molecule has 3 rings (SSSR count). The summed E-state index contributed by atoms with van der Waals surface area (Å²) < 4.78 is 10.5. The molecule has 7 nitrogen and oxygen atoms in total. The summed E-state index contributed by atoms with van der Waals surface area (Å²) >= 11 is 0. The number of carbonyl (C=O) groups excluding carboxylic acids is 2. The molecule has 0 aliphatic heterocycles. The van der Waals surface area contributed by atoms with E-state index in [1.54, 1.807) is 73.8 Å². The number of ether oxygens (including phenoxy) is 1. The molecule has 30 heavy (non-hydrogen) atoms. The Hall–Kier alpha value is -4.13. The number of nitrogens with one attached hydrogen (secondary N) is 2. The summed E-state index contributed by atoms with van der Waals surface area (Å²) in [5, 5.41) is 6.54. The van der Waals surface area contributed by atoms with Crippen LogP contribution in [0.4, 0.5) is 0 Å². The van der Waals surface area contributed by atoms with Crippen molar-refractivity contribution in [2.75, 3.05) is 7.11 Å². The molecule has 0 spiro atoms. The van der Waals surface area contributed by atoms with Gasteiger partial charge in [0.1, 0.15) is 23.0 Å². The molecule has 0 radical (unpaired) electrons. The van der Waals surface area contributed by atoms with Crippen LogP contribution in [0.5, 0.6) is 5.75 Å². The highest BCUT2D eigenvalue weighted by molar-refractivity contribution is 6.05. The maximum atomic E-state index is 12.7. The molecule has 7 heteroatoms. The van der Waals surface area contributed by atoms with E-state index in [9.17, 15) is 9.59 Å². The van der Waals surface area contributed by atoms with Gasteiger partial charge in [-0.15, -0.1) is 0 Å². The summed E-state index contributed by atoms with van der Waals surface area (Å²) in [4.78, 5) is 25.2. The molecule has 2 amide bonds. The van der Waals surface area contributed by atoms with Gasteiger partial charge in [-0.05, 0) is 55.0 Å². The van der Waals surface area contributed by atoms with Gasteiger partial charge in [-0.1, -0.05) is 30.3 Å². The van der Waals surface area contributed by atoms with E-state index in [1.165, 1.54) is 6.21 Å². The Balaban J connectivity index is 1.79. The van der Waals surface area contributed by atoms with Crippen LogP contribution in [-0.4, -0.2) is 25.1 Å². The van der Waals surface area contributed by atoms with Crippen LogP contribution in [0.25, 0.3) is 6.08 Å². The molecule has 1 heterocycles. The summed E-state index contributed by atoms with van der Waals surface area (Å²) in [5.74, 6) is 0.940. The SMILES string of the molecule is COc1ccc(/C=C(/NC(=O)c2ccccc2)C(=O)N/N=C/c2ccc(C)o2)cc1. The maximum Gasteiger partial charge on any atom is 0.287 e. The Morgan fingerprint density at radius 2 is 1.73 bits per heavy atom. The zero-order valence-electron chi connectivity index (χ0n) is 16.6. The van der Waals surface area contributed by atoms with Crippen molar-refractivity contribution < 1.29 is 18.7 Å². The van der Waals surface area contributed by atoms with Crippen molar-refractivity contribution in [1.29, 1.82) is 0 Å². The quantitative estimate of drug-likeness (QED) is 0.359. The van der Waals surface area contributed by atoms with E-state index in [-0.39, 0.29) is 5.70 Å². The lowest BCUT2D eigenvalue weighted by atomic mass is 10.1. The Morgan fingerprint density at radius 1 is 1.00 bits per heavy atom. The second kappa shape index (κ2) is 9.88. The van der Waals surface area contributed by atoms with Gasteiger partial charge < -0.3 is 14.5 Å². The second-order valence-corrected chi connectivity index (χ2v) is 6.30. The molecule has 0 saturated heterocycles. The minimum Gasteiger partial charge on any atom is -0.497 e.